The highest BCUT2D eigenvalue weighted by Crippen LogP contribution is 2.32. The van der Waals surface area contributed by atoms with Crippen molar-refractivity contribution in [2.75, 3.05) is 28.4 Å². The van der Waals surface area contributed by atoms with Crippen LogP contribution in [0.2, 0.25) is 0 Å². The van der Waals surface area contributed by atoms with E-state index >= 15 is 0 Å². The number of benzene rings is 2. The summed E-state index contributed by atoms with van der Waals surface area (Å²) in [4.78, 5) is 12.1. The average molecular weight is 396 g/mol. The van der Waals surface area contributed by atoms with Crippen LogP contribution in [0.15, 0.2) is 60.4 Å². The van der Waals surface area contributed by atoms with Crippen LogP contribution in [-0.2, 0) is 4.79 Å². The van der Waals surface area contributed by atoms with Crippen LogP contribution in [0.3, 0.4) is 0 Å². The van der Waals surface area contributed by atoms with Crippen molar-refractivity contribution < 1.29 is 28.8 Å². The van der Waals surface area contributed by atoms with Crippen molar-refractivity contribution in [2.45, 2.75) is 0 Å². The molecule has 0 bridgehead atoms. The monoisotopic (exact) mass is 396 g/mol. The smallest absolute Gasteiger partial charge is 0.182 e. The van der Waals surface area contributed by atoms with Crippen LogP contribution >= 0.6 is 0 Å². The molecule has 1 N–H and O–H groups in total. The molecular weight excluding hydrogens is 372 g/mol. The van der Waals surface area contributed by atoms with Crippen LogP contribution in [0.1, 0.15) is 11.1 Å². The van der Waals surface area contributed by atoms with Gasteiger partial charge in [0.15, 0.2) is 28.8 Å². The molecule has 6 heteroatoms. The molecule has 0 aliphatic carbocycles. The van der Waals surface area contributed by atoms with E-state index in [9.17, 15) is 9.90 Å². The van der Waals surface area contributed by atoms with Crippen LogP contribution in [0.25, 0.3) is 12.2 Å². The molecule has 0 radical (unpaired) electrons. The molecule has 0 atom stereocenters. The zero-order valence-electron chi connectivity index (χ0n) is 16.8. The molecule has 0 aliphatic rings. The summed E-state index contributed by atoms with van der Waals surface area (Å²) in [5, 5.41) is 10.1. The van der Waals surface area contributed by atoms with Gasteiger partial charge in [0.25, 0.3) is 0 Å². The van der Waals surface area contributed by atoms with Crippen molar-refractivity contribution in [3.05, 3.63) is 71.5 Å². The Hall–Kier alpha value is -3.67. The summed E-state index contributed by atoms with van der Waals surface area (Å²) in [6, 6.07) is 10.7. The second-order valence-corrected chi connectivity index (χ2v) is 5.80. The molecule has 0 saturated heterocycles. The van der Waals surface area contributed by atoms with E-state index in [1.54, 1.807) is 56.7 Å². The van der Waals surface area contributed by atoms with Crippen molar-refractivity contribution >= 4 is 17.9 Å². The molecule has 0 saturated carbocycles. The molecule has 0 fully saturated rings. The first kappa shape index (κ1) is 21.6. The van der Waals surface area contributed by atoms with Gasteiger partial charge in [-0.15, -0.1) is 0 Å². The fourth-order valence-corrected chi connectivity index (χ4v) is 2.68. The van der Waals surface area contributed by atoms with E-state index in [1.165, 1.54) is 26.4 Å². The van der Waals surface area contributed by atoms with Crippen LogP contribution in [0.5, 0.6) is 23.0 Å². The Balaban J connectivity index is 2.16. The molecule has 2 rings (SSSR count). The lowest BCUT2D eigenvalue weighted by atomic mass is 10.1. The van der Waals surface area contributed by atoms with Crippen LogP contribution in [0, 0.1) is 0 Å². The van der Waals surface area contributed by atoms with E-state index in [1.807, 2.05) is 6.07 Å². The number of carbonyl (C=O) groups excluding carboxylic acids is 1. The Bertz CT molecular complexity index is 940. The number of rotatable bonds is 9. The first-order valence-corrected chi connectivity index (χ1v) is 8.76. The van der Waals surface area contributed by atoms with Gasteiger partial charge in [-0.25, -0.2) is 0 Å². The highest BCUT2D eigenvalue weighted by molar-refractivity contribution is 6.02. The SMILES string of the molecule is COc1cccc(/C=C/C(=O)/C=C(O)/C=C/c2cccc(OC)c2OC)c1OC. The minimum atomic E-state index is -0.380. The van der Waals surface area contributed by atoms with Gasteiger partial charge in [-0.3, -0.25) is 4.79 Å². The number of methoxy groups -OCH3 is 4. The summed E-state index contributed by atoms with van der Waals surface area (Å²) in [6.07, 6.45) is 7.10. The van der Waals surface area contributed by atoms with Crippen molar-refractivity contribution in [3.8, 4) is 23.0 Å². The Morgan fingerprint density at radius 3 is 1.69 bits per heavy atom. The Morgan fingerprint density at radius 2 is 1.24 bits per heavy atom. The lowest BCUT2D eigenvalue weighted by Gasteiger charge is -2.09. The second kappa shape index (κ2) is 10.6. The first-order valence-electron chi connectivity index (χ1n) is 8.76. The molecular formula is C23H24O6. The van der Waals surface area contributed by atoms with Gasteiger partial charge in [0, 0.05) is 17.2 Å². The van der Waals surface area contributed by atoms with Crippen LogP contribution in [-0.4, -0.2) is 39.3 Å². The molecule has 0 aromatic heterocycles. The second-order valence-electron chi connectivity index (χ2n) is 5.80. The van der Waals surface area contributed by atoms with E-state index in [-0.39, 0.29) is 11.5 Å². The summed E-state index contributed by atoms with van der Waals surface area (Å²) in [6.45, 7) is 0. The third-order valence-corrected chi connectivity index (χ3v) is 4.02. The number of hydrogen-bond acceptors (Lipinski definition) is 6. The van der Waals surface area contributed by atoms with Crippen LogP contribution in [0.4, 0.5) is 0 Å². The summed E-state index contributed by atoms with van der Waals surface area (Å²) in [5.74, 6) is 1.63. The van der Waals surface area contributed by atoms with E-state index < -0.39 is 0 Å². The first-order chi connectivity index (χ1) is 14.0. The molecule has 0 aliphatic heterocycles. The molecule has 152 valence electrons. The highest BCUT2D eigenvalue weighted by atomic mass is 16.5. The predicted molar refractivity (Wildman–Crippen MR) is 113 cm³/mol. The van der Waals surface area contributed by atoms with E-state index in [2.05, 4.69) is 0 Å². The maximum absolute atomic E-state index is 12.1. The van der Waals surface area contributed by atoms with Crippen LogP contribution < -0.4 is 18.9 Å². The lowest BCUT2D eigenvalue weighted by Crippen LogP contribution is -1.94. The number of allylic oxidation sites excluding steroid dienone is 3. The molecule has 0 unspecified atom stereocenters. The number of ketones is 1. The normalized spacial score (nSPS) is 11.7. The highest BCUT2D eigenvalue weighted by Gasteiger charge is 2.08. The molecule has 0 spiro atoms. The average Bonchev–Trinajstić information content (AvgIpc) is 2.75. The van der Waals surface area contributed by atoms with E-state index in [0.717, 1.165) is 6.08 Å². The van der Waals surface area contributed by atoms with Gasteiger partial charge in [-0.1, -0.05) is 24.3 Å². The van der Waals surface area contributed by atoms with Gasteiger partial charge < -0.3 is 24.1 Å². The number of aliphatic hydroxyl groups is 1. The van der Waals surface area contributed by atoms with Gasteiger partial charge in [-0.2, -0.15) is 0 Å². The van der Waals surface area contributed by atoms with E-state index in [0.29, 0.717) is 34.1 Å². The summed E-state index contributed by atoms with van der Waals surface area (Å²) < 4.78 is 21.1. The number of ether oxygens (including phenoxy) is 4. The van der Waals surface area contributed by atoms with Crippen molar-refractivity contribution in [1.82, 2.24) is 0 Å². The van der Waals surface area contributed by atoms with Gasteiger partial charge in [-0.05, 0) is 36.4 Å². The molecule has 29 heavy (non-hydrogen) atoms. The number of carbonyl (C=O) groups is 1. The summed E-state index contributed by atoms with van der Waals surface area (Å²) >= 11 is 0. The minimum absolute atomic E-state index is 0.192. The predicted octanol–water partition coefficient (Wildman–Crippen LogP) is 4.46. The Kier molecular flexibility index (Phi) is 7.91. The maximum Gasteiger partial charge on any atom is 0.182 e. The van der Waals surface area contributed by atoms with Crippen molar-refractivity contribution in [2.24, 2.45) is 0 Å². The quantitative estimate of drug-likeness (QED) is 0.383. The number of hydrogen-bond donors (Lipinski definition) is 1. The molecule has 0 heterocycles. The maximum atomic E-state index is 12.1. The minimum Gasteiger partial charge on any atom is -0.508 e. The molecule has 2 aromatic carbocycles. The van der Waals surface area contributed by atoms with Crippen molar-refractivity contribution in [1.29, 1.82) is 0 Å². The summed E-state index contributed by atoms with van der Waals surface area (Å²) in [5.41, 5.74) is 1.39. The fraction of sp³-hybridized carbons (Fsp3) is 0.174. The van der Waals surface area contributed by atoms with Gasteiger partial charge in [0.05, 0.1) is 28.4 Å². The Morgan fingerprint density at radius 1 is 0.759 bits per heavy atom. The topological polar surface area (TPSA) is 74.2 Å². The summed E-state index contributed by atoms with van der Waals surface area (Å²) in [7, 11) is 6.15. The molecule has 6 nitrogen and oxygen atoms in total. The van der Waals surface area contributed by atoms with Crippen molar-refractivity contribution in [3.63, 3.8) is 0 Å². The standard InChI is InChI=1S/C23H24O6/c1-26-20-9-5-7-16(22(20)28-3)11-13-18(24)15-19(25)14-12-17-8-6-10-21(27-2)23(17)29-4/h5-15,24H,1-4H3/b13-11+,14-12+,18-15-. The molecule has 2 aromatic rings. The third-order valence-electron chi connectivity index (χ3n) is 4.02. The zero-order valence-corrected chi connectivity index (χ0v) is 16.8. The lowest BCUT2D eigenvalue weighted by molar-refractivity contribution is -0.110. The third kappa shape index (κ3) is 5.65. The van der Waals surface area contributed by atoms with Gasteiger partial charge >= 0.3 is 0 Å². The van der Waals surface area contributed by atoms with Gasteiger partial charge in [0.2, 0.25) is 0 Å². The Labute approximate surface area is 170 Å². The molecule has 0 amide bonds. The fourth-order valence-electron chi connectivity index (χ4n) is 2.68. The van der Waals surface area contributed by atoms with Gasteiger partial charge in [0.1, 0.15) is 5.76 Å². The number of aliphatic hydroxyl groups excluding tert-OH is 1. The number of para-hydroxylation sites is 2. The zero-order chi connectivity index (χ0) is 21.2. The van der Waals surface area contributed by atoms with E-state index in [4.69, 9.17) is 18.9 Å². The largest absolute Gasteiger partial charge is 0.508 e.